The Bertz CT molecular complexity index is 500. The molecule has 19 heavy (non-hydrogen) atoms. The van der Waals surface area contributed by atoms with E-state index in [4.69, 9.17) is 11.6 Å². The Morgan fingerprint density at radius 2 is 2.00 bits per heavy atom. The van der Waals surface area contributed by atoms with Crippen LogP contribution in [0, 0.1) is 0 Å². The summed E-state index contributed by atoms with van der Waals surface area (Å²) in [5.74, 6) is 0.238. The summed E-state index contributed by atoms with van der Waals surface area (Å²) in [5.41, 5.74) is 1.08. The van der Waals surface area contributed by atoms with Crippen LogP contribution in [0.5, 0.6) is 0 Å². The van der Waals surface area contributed by atoms with E-state index in [2.05, 4.69) is 10.2 Å². The lowest BCUT2D eigenvalue weighted by Gasteiger charge is -2.34. The summed E-state index contributed by atoms with van der Waals surface area (Å²) in [6.45, 7) is 1.44. The van der Waals surface area contributed by atoms with Crippen LogP contribution in [0.15, 0.2) is 34.5 Å². The van der Waals surface area contributed by atoms with Crippen LogP contribution in [0.4, 0.5) is 0 Å². The summed E-state index contributed by atoms with van der Waals surface area (Å²) in [6.07, 6.45) is 2.74. The third-order valence-electron chi connectivity index (χ3n) is 3.81. The number of amides is 1. The molecule has 1 amide bonds. The van der Waals surface area contributed by atoms with E-state index >= 15 is 0 Å². The van der Waals surface area contributed by atoms with E-state index in [1.807, 2.05) is 29.2 Å². The van der Waals surface area contributed by atoms with Crippen molar-refractivity contribution in [3.05, 3.63) is 34.9 Å². The largest absolute Gasteiger partial charge is 0.335 e. The molecule has 0 radical (unpaired) electrons. The number of carbonyl (C=O) groups is 1. The monoisotopic (exact) mass is 277 g/mol. The number of nitrogens with zero attached hydrogens (tertiary/aromatic N) is 3. The van der Waals surface area contributed by atoms with Gasteiger partial charge in [0, 0.05) is 18.0 Å². The van der Waals surface area contributed by atoms with Crippen molar-refractivity contribution in [3.63, 3.8) is 0 Å². The predicted octanol–water partition coefficient (Wildman–Crippen LogP) is 3.23. The average Bonchev–Trinajstić information content (AvgIpc) is 2.89. The maximum absolute atomic E-state index is 12.0. The zero-order chi connectivity index (χ0) is 13.2. The number of azo groups is 1. The van der Waals surface area contributed by atoms with Crippen LogP contribution in [-0.4, -0.2) is 29.9 Å². The van der Waals surface area contributed by atoms with Crippen LogP contribution in [0.1, 0.15) is 30.9 Å². The van der Waals surface area contributed by atoms with Gasteiger partial charge in [-0.2, -0.15) is 10.2 Å². The highest BCUT2D eigenvalue weighted by Gasteiger charge is 2.35. The molecule has 100 valence electrons. The normalized spacial score (nSPS) is 27.0. The third kappa shape index (κ3) is 2.50. The van der Waals surface area contributed by atoms with Gasteiger partial charge in [0.2, 0.25) is 5.91 Å². The molecule has 0 N–H and O–H groups in total. The molecule has 1 saturated heterocycles. The second-order valence-electron chi connectivity index (χ2n) is 5.05. The SMILES string of the molecule is O=C1CCCCN1C1CN=NC1c1ccc(Cl)cc1. The van der Waals surface area contributed by atoms with Crippen molar-refractivity contribution in [1.29, 1.82) is 0 Å². The molecule has 2 atom stereocenters. The van der Waals surface area contributed by atoms with Crippen LogP contribution in [0.3, 0.4) is 0 Å². The second-order valence-corrected chi connectivity index (χ2v) is 5.48. The Kier molecular flexibility index (Phi) is 3.51. The van der Waals surface area contributed by atoms with Gasteiger partial charge in [-0.05, 0) is 30.5 Å². The molecule has 0 bridgehead atoms. The van der Waals surface area contributed by atoms with Crippen molar-refractivity contribution < 1.29 is 4.79 Å². The molecule has 0 spiro atoms. The number of piperidine rings is 1. The van der Waals surface area contributed by atoms with Gasteiger partial charge in [0.1, 0.15) is 6.04 Å². The van der Waals surface area contributed by atoms with E-state index in [0.29, 0.717) is 18.0 Å². The van der Waals surface area contributed by atoms with Crippen LogP contribution in [0.25, 0.3) is 0 Å². The number of likely N-dealkylation sites (tertiary alicyclic amines) is 1. The first-order valence-corrected chi connectivity index (χ1v) is 7.05. The molecule has 0 aliphatic carbocycles. The highest BCUT2D eigenvalue weighted by molar-refractivity contribution is 6.30. The van der Waals surface area contributed by atoms with Crippen LogP contribution in [-0.2, 0) is 4.79 Å². The quantitative estimate of drug-likeness (QED) is 0.818. The molecule has 1 aromatic carbocycles. The summed E-state index contributed by atoms with van der Waals surface area (Å²) in [4.78, 5) is 14.0. The van der Waals surface area contributed by atoms with Gasteiger partial charge >= 0.3 is 0 Å². The molecule has 1 fully saturated rings. The summed E-state index contributed by atoms with van der Waals surface area (Å²) in [7, 11) is 0. The summed E-state index contributed by atoms with van der Waals surface area (Å²) in [5, 5.41) is 9.18. The fraction of sp³-hybridized carbons (Fsp3) is 0.500. The zero-order valence-corrected chi connectivity index (χ0v) is 11.4. The van der Waals surface area contributed by atoms with Crippen molar-refractivity contribution in [2.75, 3.05) is 13.1 Å². The lowest BCUT2D eigenvalue weighted by Crippen LogP contribution is -2.46. The standard InChI is InChI=1S/C14H16ClN3O/c15-11-6-4-10(5-7-11)14-12(9-16-17-14)18-8-2-1-3-13(18)19/h4-7,12,14H,1-3,8-9H2. The van der Waals surface area contributed by atoms with Crippen LogP contribution in [0.2, 0.25) is 5.02 Å². The Hall–Kier alpha value is -1.42. The average molecular weight is 278 g/mol. The molecule has 0 saturated carbocycles. The molecule has 0 aromatic heterocycles. The van der Waals surface area contributed by atoms with Gasteiger partial charge in [-0.3, -0.25) is 4.79 Å². The number of hydrogen-bond acceptors (Lipinski definition) is 3. The lowest BCUT2D eigenvalue weighted by atomic mass is 9.97. The Morgan fingerprint density at radius 1 is 1.21 bits per heavy atom. The second kappa shape index (κ2) is 5.29. The highest BCUT2D eigenvalue weighted by Crippen LogP contribution is 2.32. The Balaban J connectivity index is 1.82. The van der Waals surface area contributed by atoms with Crippen molar-refractivity contribution in [1.82, 2.24) is 4.90 Å². The summed E-state index contributed by atoms with van der Waals surface area (Å²) in [6, 6.07) is 7.70. The fourth-order valence-corrected chi connectivity index (χ4v) is 2.92. The van der Waals surface area contributed by atoms with Gasteiger partial charge in [-0.15, -0.1) is 0 Å². The van der Waals surface area contributed by atoms with E-state index in [0.717, 1.165) is 24.9 Å². The minimum absolute atomic E-state index is 0.0423. The van der Waals surface area contributed by atoms with Crippen molar-refractivity contribution in [2.24, 2.45) is 10.2 Å². The fourth-order valence-electron chi connectivity index (χ4n) is 2.79. The zero-order valence-electron chi connectivity index (χ0n) is 10.6. The number of hydrogen-bond donors (Lipinski definition) is 0. The van der Waals surface area contributed by atoms with Crippen molar-refractivity contribution >= 4 is 17.5 Å². The topological polar surface area (TPSA) is 45.0 Å². The number of halogens is 1. The van der Waals surface area contributed by atoms with Crippen molar-refractivity contribution in [3.8, 4) is 0 Å². The third-order valence-corrected chi connectivity index (χ3v) is 4.06. The predicted molar refractivity (Wildman–Crippen MR) is 73.3 cm³/mol. The van der Waals surface area contributed by atoms with E-state index < -0.39 is 0 Å². The molecule has 1 aromatic rings. The minimum Gasteiger partial charge on any atom is -0.335 e. The van der Waals surface area contributed by atoms with Crippen LogP contribution >= 0.6 is 11.6 Å². The molecule has 2 heterocycles. The lowest BCUT2D eigenvalue weighted by molar-refractivity contribution is -0.135. The Labute approximate surface area is 117 Å². The molecule has 4 nitrogen and oxygen atoms in total. The molecule has 2 aliphatic rings. The van der Waals surface area contributed by atoms with Crippen molar-refractivity contribution in [2.45, 2.75) is 31.3 Å². The maximum Gasteiger partial charge on any atom is 0.222 e. The van der Waals surface area contributed by atoms with E-state index in [1.165, 1.54) is 0 Å². The maximum atomic E-state index is 12.0. The number of rotatable bonds is 2. The van der Waals surface area contributed by atoms with Gasteiger partial charge in [-0.1, -0.05) is 23.7 Å². The highest BCUT2D eigenvalue weighted by atomic mass is 35.5. The molecule has 2 aliphatic heterocycles. The van der Waals surface area contributed by atoms with Gasteiger partial charge in [0.25, 0.3) is 0 Å². The Morgan fingerprint density at radius 3 is 2.74 bits per heavy atom. The van der Waals surface area contributed by atoms with E-state index in [9.17, 15) is 4.79 Å². The smallest absolute Gasteiger partial charge is 0.222 e. The van der Waals surface area contributed by atoms with Gasteiger partial charge in [-0.25, -0.2) is 0 Å². The first kappa shape index (κ1) is 12.6. The van der Waals surface area contributed by atoms with Gasteiger partial charge in [0.05, 0.1) is 12.6 Å². The molecule has 5 heteroatoms. The summed E-state index contributed by atoms with van der Waals surface area (Å²) >= 11 is 5.91. The summed E-state index contributed by atoms with van der Waals surface area (Å²) < 4.78 is 0. The number of benzene rings is 1. The molecule has 3 rings (SSSR count). The first-order valence-electron chi connectivity index (χ1n) is 6.67. The molecular formula is C14H16ClN3O. The van der Waals surface area contributed by atoms with E-state index in [-0.39, 0.29) is 18.0 Å². The molecular weight excluding hydrogens is 262 g/mol. The van der Waals surface area contributed by atoms with Gasteiger partial charge < -0.3 is 4.90 Å². The first-order chi connectivity index (χ1) is 9.25. The van der Waals surface area contributed by atoms with E-state index in [1.54, 1.807) is 0 Å². The minimum atomic E-state index is -0.0423. The van der Waals surface area contributed by atoms with Crippen LogP contribution < -0.4 is 0 Å². The number of carbonyl (C=O) groups excluding carboxylic acids is 1. The molecule has 2 unspecified atom stereocenters. The van der Waals surface area contributed by atoms with Gasteiger partial charge in [0.15, 0.2) is 0 Å².